The van der Waals surface area contributed by atoms with E-state index in [9.17, 15) is 0 Å². The molecule has 2 aromatic rings. The van der Waals surface area contributed by atoms with E-state index >= 15 is 0 Å². The minimum Gasteiger partial charge on any atom is -0.298 e. The number of hydrogen-bond acceptors (Lipinski definition) is 3. The van der Waals surface area contributed by atoms with E-state index in [1.807, 2.05) is 0 Å². The Morgan fingerprint density at radius 1 is 1.00 bits per heavy atom. The number of nitrogens with zero attached hydrogens (tertiary/aromatic N) is 3. The Kier molecular flexibility index (Phi) is 3.99. The van der Waals surface area contributed by atoms with Gasteiger partial charge in [0.25, 0.3) is 0 Å². The molecule has 106 valence electrons. The number of para-hydroxylation sites is 1. The molecular weight excluding hydrogens is 246 g/mol. The summed E-state index contributed by atoms with van der Waals surface area (Å²) in [6.45, 7) is 10.2. The Bertz CT molecular complexity index is 571. The summed E-state index contributed by atoms with van der Waals surface area (Å²) in [7, 11) is 0. The Balaban J connectivity index is 1.65. The van der Waals surface area contributed by atoms with E-state index in [-0.39, 0.29) is 0 Å². The van der Waals surface area contributed by atoms with Crippen molar-refractivity contribution >= 4 is 10.9 Å². The van der Waals surface area contributed by atoms with Crippen molar-refractivity contribution in [2.24, 2.45) is 0 Å². The highest BCUT2D eigenvalue weighted by atomic mass is 15.3. The molecule has 1 aliphatic rings. The second-order valence-electron chi connectivity index (χ2n) is 5.90. The second-order valence-corrected chi connectivity index (χ2v) is 5.90. The molecule has 0 radical (unpaired) electrons. The molecular formula is C17H23N3. The maximum absolute atomic E-state index is 4.77. The first-order valence-corrected chi connectivity index (χ1v) is 7.53. The fraction of sp³-hybridized carbons (Fsp3) is 0.471. The number of fused-ring (bicyclic) bond motifs is 1. The van der Waals surface area contributed by atoms with Crippen molar-refractivity contribution in [1.29, 1.82) is 0 Å². The molecule has 1 aliphatic heterocycles. The van der Waals surface area contributed by atoms with E-state index < -0.39 is 0 Å². The first-order valence-electron chi connectivity index (χ1n) is 7.53. The van der Waals surface area contributed by atoms with Crippen LogP contribution in [0.2, 0.25) is 0 Å². The van der Waals surface area contributed by atoms with Crippen molar-refractivity contribution < 1.29 is 0 Å². The van der Waals surface area contributed by atoms with Gasteiger partial charge in [-0.3, -0.25) is 14.8 Å². The van der Waals surface area contributed by atoms with Gasteiger partial charge in [0.15, 0.2) is 0 Å². The minimum atomic E-state index is 0.663. The predicted octanol–water partition coefficient (Wildman–Crippen LogP) is 2.76. The summed E-state index contributed by atoms with van der Waals surface area (Å²) in [5.74, 6) is 0. The second kappa shape index (κ2) is 5.90. The normalized spacial score (nSPS) is 17.9. The molecule has 0 spiro atoms. The Morgan fingerprint density at radius 2 is 1.75 bits per heavy atom. The molecule has 1 aromatic carbocycles. The molecule has 0 saturated carbocycles. The standard InChI is InChI=1S/C17H23N3/c1-14(2)20-11-9-19(10-12-20)13-16-8-7-15-5-3-4-6-17(15)18-16/h3-8,14H,9-13H2,1-2H3. The summed E-state index contributed by atoms with van der Waals surface area (Å²) in [4.78, 5) is 9.82. The fourth-order valence-electron chi connectivity index (χ4n) is 2.86. The molecule has 1 saturated heterocycles. The zero-order chi connectivity index (χ0) is 13.9. The third kappa shape index (κ3) is 3.00. The number of aromatic nitrogens is 1. The first kappa shape index (κ1) is 13.5. The average Bonchev–Trinajstić information content (AvgIpc) is 2.48. The maximum Gasteiger partial charge on any atom is 0.0705 e. The Hall–Kier alpha value is -1.45. The van der Waals surface area contributed by atoms with Gasteiger partial charge in [0.1, 0.15) is 0 Å². The van der Waals surface area contributed by atoms with Crippen LogP contribution in [-0.4, -0.2) is 47.0 Å². The number of benzene rings is 1. The van der Waals surface area contributed by atoms with Crippen molar-refractivity contribution in [3.05, 3.63) is 42.1 Å². The van der Waals surface area contributed by atoms with E-state index in [1.54, 1.807) is 0 Å². The van der Waals surface area contributed by atoms with Crippen LogP contribution in [0.3, 0.4) is 0 Å². The van der Waals surface area contributed by atoms with Gasteiger partial charge in [-0.25, -0.2) is 0 Å². The van der Waals surface area contributed by atoms with Crippen molar-refractivity contribution in [3.8, 4) is 0 Å². The van der Waals surface area contributed by atoms with Gasteiger partial charge in [-0.2, -0.15) is 0 Å². The minimum absolute atomic E-state index is 0.663. The molecule has 3 heteroatoms. The van der Waals surface area contributed by atoms with Gasteiger partial charge in [0.05, 0.1) is 11.2 Å². The maximum atomic E-state index is 4.77. The topological polar surface area (TPSA) is 19.4 Å². The molecule has 1 fully saturated rings. The SMILES string of the molecule is CC(C)N1CCN(Cc2ccc3ccccc3n2)CC1. The van der Waals surface area contributed by atoms with Crippen LogP contribution in [0.5, 0.6) is 0 Å². The van der Waals surface area contributed by atoms with Crippen LogP contribution in [0.15, 0.2) is 36.4 Å². The molecule has 0 unspecified atom stereocenters. The highest BCUT2D eigenvalue weighted by Crippen LogP contribution is 2.14. The molecule has 20 heavy (non-hydrogen) atoms. The average molecular weight is 269 g/mol. The molecule has 3 nitrogen and oxygen atoms in total. The lowest BCUT2D eigenvalue weighted by atomic mass is 10.2. The van der Waals surface area contributed by atoms with Crippen LogP contribution in [0.1, 0.15) is 19.5 Å². The summed E-state index contributed by atoms with van der Waals surface area (Å²) in [5.41, 5.74) is 2.28. The Labute approximate surface area is 121 Å². The number of rotatable bonds is 3. The van der Waals surface area contributed by atoms with Crippen molar-refractivity contribution in [2.45, 2.75) is 26.4 Å². The van der Waals surface area contributed by atoms with Crippen LogP contribution in [0.25, 0.3) is 10.9 Å². The van der Waals surface area contributed by atoms with E-state index in [4.69, 9.17) is 4.98 Å². The predicted molar refractivity (Wildman–Crippen MR) is 83.7 cm³/mol. The van der Waals surface area contributed by atoms with Gasteiger partial charge in [0, 0.05) is 44.2 Å². The van der Waals surface area contributed by atoms with Crippen molar-refractivity contribution in [2.75, 3.05) is 26.2 Å². The molecule has 0 atom stereocenters. The third-order valence-corrected chi connectivity index (χ3v) is 4.18. The molecule has 2 heterocycles. The number of pyridine rings is 1. The van der Waals surface area contributed by atoms with E-state index in [1.165, 1.54) is 24.2 Å². The van der Waals surface area contributed by atoms with E-state index in [2.05, 4.69) is 60.0 Å². The van der Waals surface area contributed by atoms with Crippen LogP contribution in [-0.2, 0) is 6.54 Å². The highest BCUT2D eigenvalue weighted by Gasteiger charge is 2.18. The zero-order valence-corrected chi connectivity index (χ0v) is 12.4. The van der Waals surface area contributed by atoms with Crippen molar-refractivity contribution in [1.82, 2.24) is 14.8 Å². The highest BCUT2D eigenvalue weighted by molar-refractivity contribution is 5.78. The zero-order valence-electron chi connectivity index (χ0n) is 12.4. The van der Waals surface area contributed by atoms with Gasteiger partial charge >= 0.3 is 0 Å². The summed E-state index contributed by atoms with van der Waals surface area (Å²) in [6.07, 6.45) is 0. The monoisotopic (exact) mass is 269 g/mol. The van der Waals surface area contributed by atoms with Gasteiger partial charge in [-0.15, -0.1) is 0 Å². The van der Waals surface area contributed by atoms with E-state index in [0.29, 0.717) is 6.04 Å². The summed E-state index contributed by atoms with van der Waals surface area (Å²) < 4.78 is 0. The molecule has 0 N–H and O–H groups in total. The Morgan fingerprint density at radius 3 is 2.50 bits per heavy atom. The van der Waals surface area contributed by atoms with Crippen molar-refractivity contribution in [3.63, 3.8) is 0 Å². The van der Waals surface area contributed by atoms with Gasteiger partial charge in [-0.05, 0) is 26.0 Å². The van der Waals surface area contributed by atoms with Crippen LogP contribution < -0.4 is 0 Å². The largest absolute Gasteiger partial charge is 0.298 e. The summed E-state index contributed by atoms with van der Waals surface area (Å²) >= 11 is 0. The lowest BCUT2D eigenvalue weighted by Gasteiger charge is -2.36. The molecule has 3 rings (SSSR count). The summed E-state index contributed by atoms with van der Waals surface area (Å²) in [6, 6.07) is 13.3. The molecule has 0 aliphatic carbocycles. The van der Waals surface area contributed by atoms with Gasteiger partial charge in [-0.1, -0.05) is 24.3 Å². The smallest absolute Gasteiger partial charge is 0.0705 e. The van der Waals surface area contributed by atoms with Crippen LogP contribution >= 0.6 is 0 Å². The van der Waals surface area contributed by atoms with Gasteiger partial charge in [0.2, 0.25) is 0 Å². The lowest BCUT2D eigenvalue weighted by Crippen LogP contribution is -2.48. The van der Waals surface area contributed by atoms with Gasteiger partial charge < -0.3 is 0 Å². The number of piperazine rings is 1. The van der Waals surface area contributed by atoms with E-state index in [0.717, 1.165) is 25.2 Å². The quantitative estimate of drug-likeness (QED) is 0.854. The fourth-order valence-corrected chi connectivity index (χ4v) is 2.86. The molecule has 1 aromatic heterocycles. The summed E-state index contributed by atoms with van der Waals surface area (Å²) in [5, 5.41) is 1.22. The lowest BCUT2D eigenvalue weighted by molar-refractivity contribution is 0.103. The number of hydrogen-bond donors (Lipinski definition) is 0. The third-order valence-electron chi connectivity index (χ3n) is 4.18. The first-order chi connectivity index (χ1) is 9.72. The van der Waals surface area contributed by atoms with Crippen LogP contribution in [0.4, 0.5) is 0 Å². The van der Waals surface area contributed by atoms with Crippen LogP contribution in [0, 0.1) is 0 Å². The molecule has 0 bridgehead atoms. The molecule has 0 amide bonds.